The van der Waals surface area contributed by atoms with E-state index in [4.69, 9.17) is 0 Å². The Bertz CT molecular complexity index is 499. The van der Waals surface area contributed by atoms with Crippen LogP contribution in [0.15, 0.2) is 0 Å². The predicted molar refractivity (Wildman–Crippen MR) is 70.5 cm³/mol. The van der Waals surface area contributed by atoms with E-state index in [0.717, 1.165) is 14.9 Å². The maximum atomic E-state index is 12.0. The van der Waals surface area contributed by atoms with Crippen molar-refractivity contribution in [2.75, 3.05) is 46.3 Å². The third-order valence-electron chi connectivity index (χ3n) is 2.42. The Morgan fingerprint density at radius 1 is 1.05 bits per heavy atom. The van der Waals surface area contributed by atoms with Crippen molar-refractivity contribution in [1.29, 1.82) is 0 Å². The molecule has 0 fully saturated rings. The van der Waals surface area contributed by atoms with E-state index < -0.39 is 26.0 Å². The van der Waals surface area contributed by atoms with Gasteiger partial charge in [-0.15, -0.1) is 0 Å². The van der Waals surface area contributed by atoms with Crippen LogP contribution in [0.1, 0.15) is 6.42 Å². The third kappa shape index (κ3) is 6.85. The molecule has 19 heavy (non-hydrogen) atoms. The molecule has 0 spiro atoms. The summed E-state index contributed by atoms with van der Waals surface area (Å²) >= 11 is 0. The van der Waals surface area contributed by atoms with Crippen molar-refractivity contribution in [2.45, 2.75) is 6.42 Å². The number of methoxy groups -OCH3 is 1. The predicted octanol–water partition coefficient (Wildman–Crippen LogP) is -1.30. The van der Waals surface area contributed by atoms with E-state index in [1.807, 2.05) is 0 Å². The Hall–Kier alpha value is -0.710. The van der Waals surface area contributed by atoms with Crippen molar-refractivity contribution >= 4 is 26.0 Å². The summed E-state index contributed by atoms with van der Waals surface area (Å²) in [5.41, 5.74) is 0. The maximum Gasteiger partial charge on any atom is 0.306 e. The second-order valence-corrected chi connectivity index (χ2v) is 8.51. The van der Waals surface area contributed by atoms with Gasteiger partial charge in [0.1, 0.15) is 9.84 Å². The van der Waals surface area contributed by atoms with E-state index in [1.165, 1.54) is 21.2 Å². The topological polar surface area (TPSA) is 101 Å². The van der Waals surface area contributed by atoms with Gasteiger partial charge in [0.2, 0.25) is 0 Å². The summed E-state index contributed by atoms with van der Waals surface area (Å²) in [6.45, 7) is -0.165. The molecule has 8 nitrogen and oxygen atoms in total. The summed E-state index contributed by atoms with van der Waals surface area (Å²) in [5, 5.41) is 0. The highest BCUT2D eigenvalue weighted by Crippen LogP contribution is 2.05. The lowest BCUT2D eigenvalue weighted by Gasteiger charge is -2.23. The lowest BCUT2D eigenvalue weighted by molar-refractivity contribution is -0.140. The highest BCUT2D eigenvalue weighted by Gasteiger charge is 2.24. The molecule has 0 aliphatic carbocycles. The van der Waals surface area contributed by atoms with Gasteiger partial charge in [0.05, 0.1) is 19.3 Å². The van der Waals surface area contributed by atoms with Gasteiger partial charge >= 0.3 is 5.97 Å². The summed E-state index contributed by atoms with van der Waals surface area (Å²) in [7, 11) is -3.19. The minimum absolute atomic E-state index is 0.0295. The Labute approximate surface area is 114 Å². The number of ether oxygens (including phenoxy) is 1. The number of nitrogens with zero attached hydrogens (tertiary/aromatic N) is 2. The minimum atomic E-state index is -3.77. The number of carbonyl (C=O) groups is 1. The molecule has 0 aliphatic rings. The second-order valence-electron chi connectivity index (χ2n) is 4.11. The number of hydrogen-bond donors (Lipinski definition) is 0. The van der Waals surface area contributed by atoms with E-state index in [-0.39, 0.29) is 25.3 Å². The number of rotatable bonds is 8. The van der Waals surface area contributed by atoms with Crippen LogP contribution in [0.4, 0.5) is 0 Å². The highest BCUT2D eigenvalue weighted by atomic mass is 32.2. The standard InChI is InChI=1S/C9H20N2O6S2/c1-10(6-5-9(12)17-3)19(15,16)11(2)7-8-18(4,13)14/h5-8H2,1-4H3. The van der Waals surface area contributed by atoms with Crippen LogP contribution in [0, 0.1) is 0 Å². The molecule has 0 atom stereocenters. The van der Waals surface area contributed by atoms with Crippen LogP contribution in [0.2, 0.25) is 0 Å². The molecule has 0 saturated heterocycles. The van der Waals surface area contributed by atoms with Crippen molar-refractivity contribution in [3.8, 4) is 0 Å². The second kappa shape index (κ2) is 7.17. The lowest BCUT2D eigenvalue weighted by atomic mass is 10.4. The first-order valence-electron chi connectivity index (χ1n) is 5.43. The quantitative estimate of drug-likeness (QED) is 0.516. The fourth-order valence-corrected chi connectivity index (χ4v) is 2.95. The van der Waals surface area contributed by atoms with Gasteiger partial charge in [-0.3, -0.25) is 4.79 Å². The number of hydrogen-bond acceptors (Lipinski definition) is 6. The molecule has 10 heteroatoms. The van der Waals surface area contributed by atoms with Gasteiger partial charge in [0.25, 0.3) is 10.2 Å². The number of carbonyl (C=O) groups excluding carboxylic acids is 1. The molecule has 0 aromatic carbocycles. The van der Waals surface area contributed by atoms with Crippen molar-refractivity contribution in [3.63, 3.8) is 0 Å². The van der Waals surface area contributed by atoms with Crippen LogP contribution in [-0.4, -0.2) is 77.7 Å². The third-order valence-corrected chi connectivity index (χ3v) is 5.29. The molecule has 114 valence electrons. The highest BCUT2D eigenvalue weighted by molar-refractivity contribution is 7.90. The molecule has 0 radical (unpaired) electrons. The van der Waals surface area contributed by atoms with Gasteiger partial charge in [0.15, 0.2) is 0 Å². The van der Waals surface area contributed by atoms with Crippen LogP contribution in [0.5, 0.6) is 0 Å². The number of sulfone groups is 1. The summed E-state index contributed by atoms with van der Waals surface area (Å²) in [5.74, 6) is -0.769. The SMILES string of the molecule is COC(=O)CCN(C)S(=O)(=O)N(C)CCS(C)(=O)=O. The Balaban J connectivity index is 4.55. The van der Waals surface area contributed by atoms with Crippen molar-refractivity contribution < 1.29 is 26.4 Å². The van der Waals surface area contributed by atoms with E-state index in [9.17, 15) is 21.6 Å². The van der Waals surface area contributed by atoms with Crippen molar-refractivity contribution in [2.24, 2.45) is 0 Å². The van der Waals surface area contributed by atoms with Gasteiger partial charge in [-0.1, -0.05) is 0 Å². The van der Waals surface area contributed by atoms with Crippen LogP contribution in [-0.2, 0) is 29.6 Å². The zero-order chi connectivity index (χ0) is 15.3. The zero-order valence-electron chi connectivity index (χ0n) is 11.5. The molecule has 0 saturated carbocycles. The summed E-state index contributed by atoms with van der Waals surface area (Å²) in [4.78, 5) is 10.9. The largest absolute Gasteiger partial charge is 0.469 e. The lowest BCUT2D eigenvalue weighted by Crippen LogP contribution is -2.42. The average molecular weight is 316 g/mol. The molecule has 0 heterocycles. The minimum Gasteiger partial charge on any atom is -0.469 e. The first kappa shape index (κ1) is 18.3. The van der Waals surface area contributed by atoms with Crippen LogP contribution < -0.4 is 0 Å². The molecular formula is C9H20N2O6S2. The van der Waals surface area contributed by atoms with Gasteiger partial charge in [-0.25, -0.2) is 8.42 Å². The summed E-state index contributed by atoms with van der Waals surface area (Å²) in [6.07, 6.45) is 0.973. The summed E-state index contributed by atoms with van der Waals surface area (Å²) in [6, 6.07) is 0. The molecule has 0 aliphatic heterocycles. The van der Waals surface area contributed by atoms with Gasteiger partial charge in [0, 0.05) is 33.4 Å². The molecule has 0 N–H and O–H groups in total. The van der Waals surface area contributed by atoms with Gasteiger partial charge in [-0.05, 0) is 0 Å². The molecule has 0 rings (SSSR count). The van der Waals surface area contributed by atoms with Crippen LogP contribution in [0.3, 0.4) is 0 Å². The molecule has 0 bridgehead atoms. The number of esters is 1. The Morgan fingerprint density at radius 3 is 1.95 bits per heavy atom. The fraction of sp³-hybridized carbons (Fsp3) is 0.889. The van der Waals surface area contributed by atoms with E-state index in [1.54, 1.807) is 0 Å². The van der Waals surface area contributed by atoms with E-state index in [2.05, 4.69) is 4.74 Å². The molecule has 0 aromatic rings. The molecule has 0 unspecified atom stereocenters. The average Bonchev–Trinajstić information content (AvgIpc) is 2.31. The maximum absolute atomic E-state index is 12.0. The zero-order valence-corrected chi connectivity index (χ0v) is 13.1. The first-order valence-corrected chi connectivity index (χ1v) is 8.88. The Kier molecular flexibility index (Phi) is 6.91. The monoisotopic (exact) mass is 316 g/mol. The van der Waals surface area contributed by atoms with E-state index in [0.29, 0.717) is 0 Å². The van der Waals surface area contributed by atoms with Crippen molar-refractivity contribution in [1.82, 2.24) is 8.61 Å². The Morgan fingerprint density at radius 2 is 1.53 bits per heavy atom. The van der Waals surface area contributed by atoms with Crippen molar-refractivity contribution in [3.05, 3.63) is 0 Å². The smallest absolute Gasteiger partial charge is 0.306 e. The van der Waals surface area contributed by atoms with E-state index >= 15 is 0 Å². The molecule has 0 amide bonds. The molecule has 0 aromatic heterocycles. The van der Waals surface area contributed by atoms with Crippen LogP contribution >= 0.6 is 0 Å². The van der Waals surface area contributed by atoms with Gasteiger partial charge in [-0.2, -0.15) is 17.0 Å². The normalized spacial score (nSPS) is 12.9. The molecular weight excluding hydrogens is 296 g/mol. The first-order chi connectivity index (χ1) is 8.50. The van der Waals surface area contributed by atoms with Gasteiger partial charge < -0.3 is 4.74 Å². The summed E-state index contributed by atoms with van der Waals surface area (Å²) < 4.78 is 52.2. The van der Waals surface area contributed by atoms with Crippen LogP contribution in [0.25, 0.3) is 0 Å². The fourth-order valence-electron chi connectivity index (χ4n) is 1.11.